The molecule has 264 valence electrons. The van der Waals surface area contributed by atoms with Crippen LogP contribution in [0.1, 0.15) is 52.7 Å². The number of furan rings is 2. The Kier molecular flexibility index (Phi) is 5.84. The second-order valence-electron chi connectivity index (χ2n) is 17.8. The Morgan fingerprint density at radius 1 is 0.473 bits per heavy atom. The van der Waals surface area contributed by atoms with Crippen LogP contribution >= 0.6 is 0 Å². The number of rotatable bonds is 1. The molecule has 0 unspecified atom stereocenters. The largest absolute Gasteiger partial charge is 0.456 e. The fourth-order valence-corrected chi connectivity index (χ4v) is 9.70. The Balaban J connectivity index is 1.26. The van der Waals surface area contributed by atoms with E-state index in [1.807, 2.05) is 6.07 Å². The van der Waals surface area contributed by atoms with Crippen LogP contribution in [0.4, 0.5) is 11.4 Å². The average Bonchev–Trinajstić information content (AvgIpc) is 3.83. The molecule has 0 spiro atoms. The molecule has 0 saturated heterocycles. The van der Waals surface area contributed by atoms with Crippen molar-refractivity contribution in [1.82, 2.24) is 4.57 Å². The van der Waals surface area contributed by atoms with E-state index in [2.05, 4.69) is 172 Å². The van der Waals surface area contributed by atoms with Crippen LogP contribution in [-0.2, 0) is 10.8 Å². The summed E-state index contributed by atoms with van der Waals surface area (Å²) in [5, 5.41) is 6.97. The monoisotopic (exact) mass is 710 g/mol. The van der Waals surface area contributed by atoms with Crippen molar-refractivity contribution in [2.45, 2.75) is 52.4 Å². The van der Waals surface area contributed by atoms with Gasteiger partial charge in [-0.15, -0.1) is 0 Å². The average molecular weight is 711 g/mol. The molecule has 0 N–H and O–H groups in total. The molecular formula is C50H39BN2O2. The van der Waals surface area contributed by atoms with Gasteiger partial charge in [0, 0.05) is 54.9 Å². The number of fused-ring (bicyclic) bond motifs is 14. The van der Waals surface area contributed by atoms with E-state index in [4.69, 9.17) is 8.83 Å². The smallest absolute Gasteiger partial charge is 0.333 e. The van der Waals surface area contributed by atoms with Gasteiger partial charge in [-0.25, -0.2) is 0 Å². The van der Waals surface area contributed by atoms with Gasteiger partial charge >= 0.3 is 6.85 Å². The highest BCUT2D eigenvalue weighted by Gasteiger charge is 2.44. The van der Waals surface area contributed by atoms with E-state index in [1.165, 1.54) is 72.0 Å². The minimum Gasteiger partial charge on any atom is -0.456 e. The normalized spacial score (nSPS) is 13.9. The minimum atomic E-state index is -0.0968. The summed E-state index contributed by atoms with van der Waals surface area (Å²) in [6.07, 6.45) is 0. The first-order chi connectivity index (χ1) is 26.5. The number of anilines is 2. The first-order valence-corrected chi connectivity index (χ1v) is 19.5. The van der Waals surface area contributed by atoms with Crippen molar-refractivity contribution in [3.63, 3.8) is 0 Å². The third kappa shape index (κ3) is 4.13. The van der Waals surface area contributed by atoms with E-state index < -0.39 is 0 Å². The number of nitrogens with zero attached hydrogens (tertiary/aromatic N) is 2. The summed E-state index contributed by atoms with van der Waals surface area (Å²) in [7, 11) is 0. The molecule has 0 bridgehead atoms. The Morgan fingerprint density at radius 3 is 1.80 bits per heavy atom. The minimum absolute atomic E-state index is 0.00233. The number of aromatic nitrogens is 1. The molecule has 2 aliphatic rings. The van der Waals surface area contributed by atoms with E-state index in [0.717, 1.165) is 43.9 Å². The van der Waals surface area contributed by atoms with E-state index in [9.17, 15) is 0 Å². The lowest BCUT2D eigenvalue weighted by Gasteiger charge is -2.42. The van der Waals surface area contributed by atoms with Gasteiger partial charge in [0.25, 0.3) is 0 Å². The summed E-state index contributed by atoms with van der Waals surface area (Å²) in [5.41, 5.74) is 17.5. The van der Waals surface area contributed by atoms with Crippen LogP contribution in [0, 0.1) is 0 Å². The van der Waals surface area contributed by atoms with E-state index in [0.29, 0.717) is 0 Å². The molecule has 0 amide bonds. The van der Waals surface area contributed by atoms with Gasteiger partial charge in [-0.3, -0.25) is 0 Å². The second-order valence-corrected chi connectivity index (χ2v) is 17.8. The number of benzene rings is 7. The summed E-state index contributed by atoms with van der Waals surface area (Å²) in [5.74, 6) is 0. The van der Waals surface area contributed by atoms with Crippen LogP contribution in [0.5, 0.6) is 0 Å². The van der Waals surface area contributed by atoms with Gasteiger partial charge in [0.2, 0.25) is 0 Å². The topological polar surface area (TPSA) is 34.5 Å². The molecule has 55 heavy (non-hydrogen) atoms. The van der Waals surface area contributed by atoms with Crippen molar-refractivity contribution in [1.29, 1.82) is 0 Å². The molecule has 0 saturated carbocycles. The van der Waals surface area contributed by atoms with Crippen molar-refractivity contribution in [2.75, 3.05) is 4.81 Å². The maximum Gasteiger partial charge on any atom is 0.333 e. The summed E-state index contributed by atoms with van der Waals surface area (Å²) < 4.78 is 15.7. The molecule has 3 aromatic heterocycles. The molecule has 0 atom stereocenters. The lowest BCUT2D eigenvalue weighted by atomic mass is 9.44. The maximum atomic E-state index is 6.66. The molecule has 4 nitrogen and oxygen atoms in total. The zero-order valence-corrected chi connectivity index (χ0v) is 31.9. The fraction of sp³-hybridized carbons (Fsp3) is 0.160. The van der Waals surface area contributed by atoms with Gasteiger partial charge in [0.15, 0.2) is 0 Å². The predicted molar refractivity (Wildman–Crippen MR) is 232 cm³/mol. The predicted octanol–water partition coefficient (Wildman–Crippen LogP) is 12.4. The molecule has 10 aromatic rings. The maximum absolute atomic E-state index is 6.66. The van der Waals surface area contributed by atoms with Gasteiger partial charge in [-0.1, -0.05) is 108 Å². The van der Waals surface area contributed by atoms with Crippen LogP contribution in [0.15, 0.2) is 136 Å². The van der Waals surface area contributed by atoms with Crippen molar-refractivity contribution in [2.24, 2.45) is 0 Å². The second kappa shape index (κ2) is 10.3. The molecule has 0 radical (unpaired) electrons. The molecule has 0 aliphatic carbocycles. The van der Waals surface area contributed by atoms with Crippen LogP contribution in [0.25, 0.3) is 82.5 Å². The summed E-state index contributed by atoms with van der Waals surface area (Å²) in [6.45, 7) is 13.7. The van der Waals surface area contributed by atoms with Crippen molar-refractivity contribution >= 4 is 94.8 Å². The van der Waals surface area contributed by atoms with Gasteiger partial charge in [0.1, 0.15) is 22.3 Å². The summed E-state index contributed by atoms with van der Waals surface area (Å²) in [4.78, 5) is 2.60. The molecule has 5 heterocycles. The lowest BCUT2D eigenvalue weighted by molar-refractivity contribution is 0.590. The Morgan fingerprint density at radius 2 is 1.11 bits per heavy atom. The van der Waals surface area contributed by atoms with E-state index in [1.54, 1.807) is 0 Å². The van der Waals surface area contributed by atoms with Crippen molar-refractivity contribution in [3.05, 3.63) is 139 Å². The Bertz CT molecular complexity index is 3290. The zero-order chi connectivity index (χ0) is 37.1. The van der Waals surface area contributed by atoms with Crippen LogP contribution < -0.4 is 15.7 Å². The van der Waals surface area contributed by atoms with Crippen LogP contribution in [0.3, 0.4) is 0 Å². The highest BCUT2D eigenvalue weighted by molar-refractivity contribution is 6.93. The third-order valence-corrected chi connectivity index (χ3v) is 12.5. The zero-order valence-electron chi connectivity index (χ0n) is 31.9. The molecule has 0 fully saturated rings. The van der Waals surface area contributed by atoms with E-state index >= 15 is 0 Å². The van der Waals surface area contributed by atoms with Gasteiger partial charge in [0.05, 0.1) is 11.0 Å². The lowest BCUT2D eigenvalue weighted by Crippen LogP contribution is -2.60. The van der Waals surface area contributed by atoms with Gasteiger partial charge in [-0.2, -0.15) is 0 Å². The van der Waals surface area contributed by atoms with Crippen molar-refractivity contribution < 1.29 is 8.83 Å². The van der Waals surface area contributed by atoms with Crippen LogP contribution in [0.2, 0.25) is 0 Å². The summed E-state index contributed by atoms with van der Waals surface area (Å²) in [6, 6.07) is 47.4. The molecule has 5 heteroatoms. The molecule has 7 aromatic carbocycles. The van der Waals surface area contributed by atoms with E-state index in [-0.39, 0.29) is 17.7 Å². The first kappa shape index (κ1) is 31.2. The van der Waals surface area contributed by atoms with Gasteiger partial charge < -0.3 is 18.2 Å². The Hall–Kier alpha value is -6.20. The highest BCUT2D eigenvalue weighted by Crippen LogP contribution is 2.48. The fourth-order valence-electron chi connectivity index (χ4n) is 9.70. The SMILES string of the molecule is CC(C)(C)c1ccc(N2B3c4cc5oc6ccccc6c5cc4-n4c5cc6c(cc5c5ccc(c3c54)-c3cc(C(C)(C)C)ccc32)oc2ccccc26)cc1. The quantitative estimate of drug-likeness (QED) is 0.159. The molecule has 12 rings (SSSR count). The van der Waals surface area contributed by atoms with Crippen LogP contribution in [-0.4, -0.2) is 11.4 Å². The summed E-state index contributed by atoms with van der Waals surface area (Å²) >= 11 is 0. The molecule has 2 aliphatic heterocycles. The Labute approximate surface area is 319 Å². The standard InChI is InChI=1S/C50H39BN2O2/c1-49(2,3)28-15-18-30(19-16-28)53-40-22-17-29(50(4,5)6)23-35(40)33-20-21-34-36-26-45-37(31-11-7-9-13-43(31)54-45)24-41(36)52-42-25-38-32-12-8-10-14-44(32)55-46(38)27-39(42)51(53)47(33)48(34)52/h7-27H,1-6H3. The van der Waals surface area contributed by atoms with Gasteiger partial charge in [-0.05, 0) is 99.1 Å². The first-order valence-electron chi connectivity index (χ1n) is 19.5. The number of hydrogen-bond donors (Lipinski definition) is 0. The molecular weight excluding hydrogens is 671 g/mol. The number of para-hydroxylation sites is 2. The number of hydrogen-bond acceptors (Lipinski definition) is 3. The third-order valence-electron chi connectivity index (χ3n) is 12.5. The van der Waals surface area contributed by atoms with Crippen molar-refractivity contribution in [3.8, 4) is 16.8 Å². The highest BCUT2D eigenvalue weighted by atomic mass is 16.3.